The molecule has 0 bridgehead atoms. The molecule has 29 heavy (non-hydrogen) atoms. The highest BCUT2D eigenvalue weighted by atomic mass is 16.5. The van der Waals surface area contributed by atoms with Gasteiger partial charge >= 0.3 is 0 Å². The average Bonchev–Trinajstić information content (AvgIpc) is 3.16. The molecule has 4 atom stereocenters. The third-order valence-electron chi connectivity index (χ3n) is 5.67. The number of rotatable bonds is 6. The third-order valence-corrected chi connectivity index (χ3v) is 5.67. The first kappa shape index (κ1) is 20.0. The van der Waals surface area contributed by atoms with Gasteiger partial charge in [0.1, 0.15) is 12.2 Å². The zero-order chi connectivity index (χ0) is 20.4. The Morgan fingerprint density at radius 3 is 2.76 bits per heavy atom. The molecule has 0 saturated carbocycles. The first-order valence-corrected chi connectivity index (χ1v) is 10.3. The monoisotopic (exact) mass is 396 g/mol. The van der Waals surface area contributed by atoms with Gasteiger partial charge in [-0.1, -0.05) is 37.6 Å². The topological polar surface area (TPSA) is 87.7 Å². The van der Waals surface area contributed by atoms with E-state index in [1.807, 2.05) is 42.7 Å². The quantitative estimate of drug-likeness (QED) is 0.596. The number of hydrogen-bond acceptors (Lipinski definition) is 5. The molecular formula is C23H28N2O4. The number of fused-ring (bicyclic) bond motifs is 1. The molecule has 6 heteroatoms. The van der Waals surface area contributed by atoms with Crippen molar-refractivity contribution in [1.82, 2.24) is 9.55 Å². The lowest BCUT2D eigenvalue weighted by molar-refractivity contribution is -0.179. The van der Waals surface area contributed by atoms with Crippen LogP contribution in [0.15, 0.2) is 48.8 Å². The predicted octanol–water partition coefficient (Wildman–Crippen LogP) is 3.05. The zero-order valence-corrected chi connectivity index (χ0v) is 16.6. The lowest BCUT2D eigenvalue weighted by Crippen LogP contribution is -2.44. The molecule has 4 rings (SSSR count). The SMILES string of the molecule is CCCCn1cnc2ccc(-c3cccc(C4OC(CO)CC(O)C4O)c3)cc21. The molecule has 3 N–H and O–H groups in total. The largest absolute Gasteiger partial charge is 0.394 e. The van der Waals surface area contributed by atoms with Crippen molar-refractivity contribution in [2.45, 2.75) is 57.1 Å². The molecule has 0 aliphatic carbocycles. The number of aryl methyl sites for hydroxylation is 1. The van der Waals surface area contributed by atoms with Crippen LogP contribution < -0.4 is 0 Å². The Hall–Kier alpha value is -2.25. The van der Waals surface area contributed by atoms with Gasteiger partial charge < -0.3 is 24.6 Å². The maximum atomic E-state index is 10.4. The average molecular weight is 396 g/mol. The number of aliphatic hydroxyl groups excluding tert-OH is 3. The zero-order valence-electron chi connectivity index (χ0n) is 16.6. The second kappa shape index (κ2) is 8.63. The van der Waals surface area contributed by atoms with Gasteiger partial charge in [-0.05, 0) is 41.3 Å². The molecule has 4 unspecified atom stereocenters. The number of benzene rings is 2. The van der Waals surface area contributed by atoms with Crippen LogP contribution in [0.4, 0.5) is 0 Å². The fourth-order valence-corrected chi connectivity index (χ4v) is 3.99. The van der Waals surface area contributed by atoms with E-state index in [-0.39, 0.29) is 13.0 Å². The Balaban J connectivity index is 1.66. The van der Waals surface area contributed by atoms with E-state index in [0.29, 0.717) is 0 Å². The van der Waals surface area contributed by atoms with Crippen LogP contribution in [0.1, 0.15) is 37.9 Å². The van der Waals surface area contributed by atoms with E-state index in [1.165, 1.54) is 0 Å². The first-order valence-electron chi connectivity index (χ1n) is 10.3. The molecular weight excluding hydrogens is 368 g/mol. The highest BCUT2D eigenvalue weighted by Gasteiger charge is 2.37. The first-order chi connectivity index (χ1) is 14.1. The Morgan fingerprint density at radius 2 is 1.97 bits per heavy atom. The number of unbranched alkanes of at least 4 members (excludes halogenated alkanes) is 1. The lowest BCUT2D eigenvalue weighted by atomic mass is 9.91. The summed E-state index contributed by atoms with van der Waals surface area (Å²) in [5, 5.41) is 30.0. The van der Waals surface area contributed by atoms with Gasteiger partial charge in [0.05, 0.1) is 36.2 Å². The number of aliphatic hydroxyl groups is 3. The Labute approximate surface area is 170 Å². The maximum absolute atomic E-state index is 10.4. The molecule has 3 aromatic rings. The number of hydrogen-bond donors (Lipinski definition) is 3. The van der Waals surface area contributed by atoms with E-state index in [2.05, 4.69) is 22.5 Å². The van der Waals surface area contributed by atoms with Crippen molar-refractivity contribution in [2.24, 2.45) is 0 Å². The van der Waals surface area contributed by atoms with Crippen LogP contribution in [0.2, 0.25) is 0 Å². The second-order valence-electron chi connectivity index (χ2n) is 7.78. The van der Waals surface area contributed by atoms with E-state index in [0.717, 1.165) is 47.1 Å². The van der Waals surface area contributed by atoms with Gasteiger partial charge in [-0.15, -0.1) is 0 Å². The highest BCUT2D eigenvalue weighted by molar-refractivity contribution is 5.82. The van der Waals surface area contributed by atoms with Gasteiger partial charge in [0.25, 0.3) is 0 Å². The van der Waals surface area contributed by atoms with Gasteiger partial charge in [0.15, 0.2) is 0 Å². The van der Waals surface area contributed by atoms with Gasteiger partial charge in [-0.3, -0.25) is 0 Å². The number of aromatic nitrogens is 2. The van der Waals surface area contributed by atoms with Crippen molar-refractivity contribution in [1.29, 1.82) is 0 Å². The molecule has 1 aromatic heterocycles. The minimum absolute atomic E-state index is 0.182. The fourth-order valence-electron chi connectivity index (χ4n) is 3.99. The van der Waals surface area contributed by atoms with Crippen LogP contribution in [-0.4, -0.2) is 49.8 Å². The smallest absolute Gasteiger partial charge is 0.111 e. The Morgan fingerprint density at radius 1 is 1.14 bits per heavy atom. The van der Waals surface area contributed by atoms with E-state index in [9.17, 15) is 15.3 Å². The Kier molecular flexibility index (Phi) is 5.96. The summed E-state index contributed by atoms with van der Waals surface area (Å²) in [5.41, 5.74) is 4.92. The fraction of sp³-hybridized carbons (Fsp3) is 0.435. The van der Waals surface area contributed by atoms with Gasteiger partial charge in [0.2, 0.25) is 0 Å². The van der Waals surface area contributed by atoms with Crippen LogP contribution in [0, 0.1) is 0 Å². The van der Waals surface area contributed by atoms with E-state index in [1.54, 1.807) is 0 Å². The summed E-state index contributed by atoms with van der Waals surface area (Å²) < 4.78 is 8.03. The van der Waals surface area contributed by atoms with Gasteiger partial charge in [0, 0.05) is 13.0 Å². The van der Waals surface area contributed by atoms with E-state index < -0.39 is 24.4 Å². The van der Waals surface area contributed by atoms with Gasteiger partial charge in [-0.2, -0.15) is 0 Å². The van der Waals surface area contributed by atoms with Crippen molar-refractivity contribution in [3.63, 3.8) is 0 Å². The molecule has 1 saturated heterocycles. The summed E-state index contributed by atoms with van der Waals surface area (Å²) >= 11 is 0. The van der Waals surface area contributed by atoms with Crippen molar-refractivity contribution >= 4 is 11.0 Å². The molecule has 1 aliphatic rings. The molecule has 0 amide bonds. The van der Waals surface area contributed by atoms with Crippen LogP contribution in [0.5, 0.6) is 0 Å². The number of nitrogens with zero attached hydrogens (tertiary/aromatic N) is 2. The molecule has 2 aromatic carbocycles. The molecule has 0 spiro atoms. The van der Waals surface area contributed by atoms with Crippen LogP contribution in [-0.2, 0) is 11.3 Å². The summed E-state index contributed by atoms with van der Waals surface area (Å²) in [6.07, 6.45) is 1.27. The van der Waals surface area contributed by atoms with Gasteiger partial charge in [-0.25, -0.2) is 4.98 Å². The summed E-state index contributed by atoms with van der Waals surface area (Å²) in [5.74, 6) is 0. The standard InChI is InChI=1S/C23H28N2O4/c1-2-3-9-25-14-24-19-8-7-16(11-20(19)25)15-5-4-6-17(10-15)23-22(28)21(27)12-18(13-26)29-23/h4-8,10-11,14,18,21-23,26-28H,2-3,9,12-13H2,1H3. The summed E-state index contributed by atoms with van der Waals surface area (Å²) in [6.45, 7) is 2.94. The van der Waals surface area contributed by atoms with Crippen molar-refractivity contribution in [3.8, 4) is 11.1 Å². The normalized spacial score (nSPS) is 24.8. The minimum Gasteiger partial charge on any atom is -0.394 e. The van der Waals surface area contributed by atoms with Crippen LogP contribution in [0.25, 0.3) is 22.2 Å². The summed E-state index contributed by atoms with van der Waals surface area (Å²) in [6, 6.07) is 14.0. The summed E-state index contributed by atoms with van der Waals surface area (Å²) in [4.78, 5) is 4.49. The molecule has 6 nitrogen and oxygen atoms in total. The molecule has 1 aliphatic heterocycles. The molecule has 154 valence electrons. The lowest BCUT2D eigenvalue weighted by Gasteiger charge is -2.37. The molecule has 2 heterocycles. The molecule has 0 radical (unpaired) electrons. The predicted molar refractivity (Wildman–Crippen MR) is 111 cm³/mol. The number of imidazole rings is 1. The van der Waals surface area contributed by atoms with E-state index in [4.69, 9.17) is 4.74 Å². The molecule has 1 fully saturated rings. The van der Waals surface area contributed by atoms with Crippen molar-refractivity contribution in [2.75, 3.05) is 6.61 Å². The van der Waals surface area contributed by atoms with Crippen LogP contribution >= 0.6 is 0 Å². The Bertz CT molecular complexity index is 970. The van der Waals surface area contributed by atoms with Crippen molar-refractivity contribution in [3.05, 3.63) is 54.4 Å². The van der Waals surface area contributed by atoms with Crippen LogP contribution in [0.3, 0.4) is 0 Å². The second-order valence-corrected chi connectivity index (χ2v) is 7.78. The van der Waals surface area contributed by atoms with E-state index >= 15 is 0 Å². The maximum Gasteiger partial charge on any atom is 0.111 e. The third kappa shape index (κ3) is 4.07. The minimum atomic E-state index is -1.02. The van der Waals surface area contributed by atoms with Crippen molar-refractivity contribution < 1.29 is 20.1 Å². The highest BCUT2D eigenvalue weighted by Crippen LogP contribution is 2.34. The summed E-state index contributed by atoms with van der Waals surface area (Å²) in [7, 11) is 0. The number of ether oxygens (including phenoxy) is 1.